The van der Waals surface area contributed by atoms with Crippen LogP contribution in [0.4, 0.5) is 11.4 Å². The molecule has 1 heterocycles. The molecule has 2 aromatic rings. The summed E-state index contributed by atoms with van der Waals surface area (Å²) in [7, 11) is 0. The molecule has 1 N–H and O–H groups in total. The largest absolute Gasteiger partial charge is 0.389 e. The van der Waals surface area contributed by atoms with E-state index in [1.165, 1.54) is 21.2 Å². The molecule has 3 rings (SSSR count). The number of fused-ring (bicyclic) bond motifs is 2. The van der Waals surface area contributed by atoms with Gasteiger partial charge in [-0.15, -0.1) is 0 Å². The molecule has 2 nitrogen and oxygen atoms in total. The molecule has 1 aliphatic heterocycles. The minimum Gasteiger partial charge on any atom is -0.389 e. The van der Waals surface area contributed by atoms with E-state index in [-0.39, 0.29) is 0 Å². The van der Waals surface area contributed by atoms with E-state index in [2.05, 4.69) is 42.2 Å². The lowest BCUT2D eigenvalue weighted by Gasteiger charge is -2.33. The fourth-order valence-corrected chi connectivity index (χ4v) is 3.83. The van der Waals surface area contributed by atoms with Crippen molar-refractivity contribution in [1.29, 1.82) is 0 Å². The van der Waals surface area contributed by atoms with Crippen molar-refractivity contribution in [2.45, 2.75) is 29.7 Å². The highest BCUT2D eigenvalue weighted by atomic mass is 32.2. The quantitative estimate of drug-likeness (QED) is 0.877. The zero-order valence-corrected chi connectivity index (χ0v) is 11.9. The number of hydrogen-bond donors (Lipinski definition) is 1. The van der Waals surface area contributed by atoms with Crippen molar-refractivity contribution in [3.05, 3.63) is 48.0 Å². The zero-order chi connectivity index (χ0) is 13.4. The Kier molecular flexibility index (Phi) is 3.25. The van der Waals surface area contributed by atoms with E-state index in [1.807, 2.05) is 19.1 Å². The van der Waals surface area contributed by atoms with Gasteiger partial charge in [0, 0.05) is 16.3 Å². The van der Waals surface area contributed by atoms with Gasteiger partial charge >= 0.3 is 0 Å². The second-order valence-electron chi connectivity index (χ2n) is 4.69. The average Bonchev–Trinajstić information content (AvgIpc) is 2.43. The molecule has 0 bridgehead atoms. The van der Waals surface area contributed by atoms with Crippen LogP contribution in [-0.2, 0) is 0 Å². The summed E-state index contributed by atoms with van der Waals surface area (Å²) < 4.78 is 0. The molecule has 0 radical (unpaired) electrons. The number of anilines is 2. The van der Waals surface area contributed by atoms with Crippen molar-refractivity contribution < 1.29 is 5.11 Å². The molecule has 0 fully saturated rings. The Hall–Kier alpha value is -1.45. The Morgan fingerprint density at radius 3 is 2.58 bits per heavy atom. The van der Waals surface area contributed by atoms with E-state index >= 15 is 0 Å². The van der Waals surface area contributed by atoms with Gasteiger partial charge in [0.05, 0.1) is 17.5 Å². The van der Waals surface area contributed by atoms with Crippen molar-refractivity contribution in [3.8, 4) is 0 Å². The Morgan fingerprint density at radius 1 is 1.11 bits per heavy atom. The van der Waals surface area contributed by atoms with Crippen LogP contribution < -0.4 is 4.90 Å². The number of nitrogens with zero attached hydrogens (tertiary/aromatic N) is 1. The third-order valence-electron chi connectivity index (χ3n) is 3.45. The summed E-state index contributed by atoms with van der Waals surface area (Å²) in [6, 6.07) is 14.6. The van der Waals surface area contributed by atoms with E-state index < -0.39 is 6.10 Å². The molecular weight excluding hydrogens is 254 g/mol. The molecule has 1 atom stereocenters. The van der Waals surface area contributed by atoms with Gasteiger partial charge in [-0.2, -0.15) is 0 Å². The predicted octanol–water partition coefficient (Wildman–Crippen LogP) is 4.36. The van der Waals surface area contributed by atoms with Gasteiger partial charge in [-0.05, 0) is 37.6 Å². The predicted molar refractivity (Wildman–Crippen MR) is 80.3 cm³/mol. The van der Waals surface area contributed by atoms with Crippen molar-refractivity contribution in [1.82, 2.24) is 0 Å². The molecule has 1 aliphatic rings. The third kappa shape index (κ3) is 2.03. The second-order valence-corrected chi connectivity index (χ2v) is 5.74. The molecule has 98 valence electrons. The second kappa shape index (κ2) is 4.91. The van der Waals surface area contributed by atoms with Crippen LogP contribution in [0, 0.1) is 0 Å². The number of para-hydroxylation sites is 1. The van der Waals surface area contributed by atoms with Gasteiger partial charge in [-0.1, -0.05) is 36.0 Å². The maximum atomic E-state index is 9.95. The van der Waals surface area contributed by atoms with Crippen LogP contribution in [0.15, 0.2) is 52.3 Å². The summed E-state index contributed by atoms with van der Waals surface area (Å²) in [6.07, 6.45) is -0.439. The minimum atomic E-state index is -0.439. The summed E-state index contributed by atoms with van der Waals surface area (Å²) >= 11 is 1.75. The van der Waals surface area contributed by atoms with E-state index in [0.717, 1.165) is 12.1 Å². The highest BCUT2D eigenvalue weighted by Crippen LogP contribution is 2.50. The van der Waals surface area contributed by atoms with Crippen LogP contribution in [0.1, 0.15) is 25.5 Å². The molecule has 0 saturated carbocycles. The number of hydrogen-bond acceptors (Lipinski definition) is 3. The molecular formula is C16H17NOS. The van der Waals surface area contributed by atoms with Crippen LogP contribution in [0.25, 0.3) is 0 Å². The van der Waals surface area contributed by atoms with E-state index in [4.69, 9.17) is 0 Å². The molecule has 0 aliphatic carbocycles. The maximum Gasteiger partial charge on any atom is 0.0773 e. The Balaban J connectivity index is 2.20. The number of aliphatic hydroxyl groups excluding tert-OH is 1. The van der Waals surface area contributed by atoms with Gasteiger partial charge in [0.25, 0.3) is 0 Å². The summed E-state index contributed by atoms with van der Waals surface area (Å²) in [5.41, 5.74) is 3.46. The smallest absolute Gasteiger partial charge is 0.0773 e. The van der Waals surface area contributed by atoms with Gasteiger partial charge in [-0.25, -0.2) is 0 Å². The van der Waals surface area contributed by atoms with E-state index in [9.17, 15) is 5.11 Å². The van der Waals surface area contributed by atoms with E-state index in [1.54, 1.807) is 11.8 Å². The van der Waals surface area contributed by atoms with Crippen molar-refractivity contribution in [3.63, 3.8) is 0 Å². The first kappa shape index (κ1) is 12.6. The SMILES string of the molecule is CCN1c2ccccc2Sc2c([C@H](C)O)cccc21. The lowest BCUT2D eigenvalue weighted by Crippen LogP contribution is -2.20. The molecule has 0 unspecified atom stereocenters. The number of benzene rings is 2. The Morgan fingerprint density at radius 2 is 1.84 bits per heavy atom. The third-order valence-corrected chi connectivity index (χ3v) is 4.66. The molecule has 0 saturated heterocycles. The standard InChI is InChI=1S/C16H17NOS/c1-3-17-13-8-4-5-10-15(13)19-16-12(11(2)18)7-6-9-14(16)17/h4-11,18H,3H2,1-2H3/t11-/m0/s1. The average molecular weight is 271 g/mol. The highest BCUT2D eigenvalue weighted by Gasteiger charge is 2.24. The number of aliphatic hydroxyl groups is 1. The monoisotopic (exact) mass is 271 g/mol. The Bertz CT molecular complexity index is 609. The summed E-state index contributed by atoms with van der Waals surface area (Å²) in [6.45, 7) is 4.91. The molecule has 0 amide bonds. The number of rotatable bonds is 2. The van der Waals surface area contributed by atoms with Crippen LogP contribution in [0.2, 0.25) is 0 Å². The molecule has 2 aromatic carbocycles. The van der Waals surface area contributed by atoms with Gasteiger partial charge in [0.15, 0.2) is 0 Å². The maximum absolute atomic E-state index is 9.95. The van der Waals surface area contributed by atoms with Gasteiger partial charge < -0.3 is 10.0 Å². The fraction of sp³-hybridized carbons (Fsp3) is 0.250. The first-order valence-corrected chi connectivity index (χ1v) is 7.39. The van der Waals surface area contributed by atoms with Crippen molar-refractivity contribution in [2.24, 2.45) is 0 Å². The summed E-state index contributed by atoms with van der Waals surface area (Å²) in [5, 5.41) is 9.95. The minimum absolute atomic E-state index is 0.439. The van der Waals surface area contributed by atoms with Crippen molar-refractivity contribution in [2.75, 3.05) is 11.4 Å². The molecule has 0 aromatic heterocycles. The van der Waals surface area contributed by atoms with Gasteiger partial charge in [0.2, 0.25) is 0 Å². The highest BCUT2D eigenvalue weighted by molar-refractivity contribution is 7.99. The normalized spacial score (nSPS) is 14.8. The van der Waals surface area contributed by atoms with Crippen LogP contribution >= 0.6 is 11.8 Å². The molecule has 0 spiro atoms. The van der Waals surface area contributed by atoms with Crippen LogP contribution in [0.3, 0.4) is 0 Å². The van der Waals surface area contributed by atoms with Gasteiger partial charge in [0.1, 0.15) is 0 Å². The summed E-state index contributed by atoms with van der Waals surface area (Å²) in [4.78, 5) is 4.75. The van der Waals surface area contributed by atoms with Crippen LogP contribution in [-0.4, -0.2) is 11.7 Å². The molecule has 19 heavy (non-hydrogen) atoms. The van der Waals surface area contributed by atoms with E-state index in [0.29, 0.717) is 0 Å². The fourth-order valence-electron chi connectivity index (χ4n) is 2.54. The first-order valence-electron chi connectivity index (χ1n) is 6.57. The topological polar surface area (TPSA) is 23.5 Å². The van der Waals surface area contributed by atoms with Gasteiger partial charge in [-0.3, -0.25) is 0 Å². The Labute approximate surface area is 118 Å². The lowest BCUT2D eigenvalue weighted by molar-refractivity contribution is 0.196. The van der Waals surface area contributed by atoms with Crippen molar-refractivity contribution >= 4 is 23.1 Å². The van der Waals surface area contributed by atoms with Crippen LogP contribution in [0.5, 0.6) is 0 Å². The summed E-state index contributed by atoms with van der Waals surface area (Å²) in [5.74, 6) is 0. The molecule has 3 heteroatoms. The zero-order valence-electron chi connectivity index (χ0n) is 11.1. The lowest BCUT2D eigenvalue weighted by atomic mass is 10.1. The first-order chi connectivity index (χ1) is 9.22.